The Balaban J connectivity index is 1.56. The van der Waals surface area contributed by atoms with Crippen molar-refractivity contribution in [1.82, 2.24) is 24.8 Å². The Kier molecular flexibility index (Phi) is 7.24. The van der Waals surface area contributed by atoms with Crippen LogP contribution >= 0.6 is 0 Å². The highest BCUT2D eigenvalue weighted by Gasteiger charge is 2.46. The maximum Gasteiger partial charge on any atom is 0.303 e. The summed E-state index contributed by atoms with van der Waals surface area (Å²) < 4.78 is 12.7. The van der Waals surface area contributed by atoms with E-state index >= 15 is 0 Å². The Bertz CT molecular complexity index is 1190. The smallest absolute Gasteiger partial charge is 0.303 e. The summed E-state index contributed by atoms with van der Waals surface area (Å²) in [5.74, 6) is -0.624. The van der Waals surface area contributed by atoms with Gasteiger partial charge in [-0.2, -0.15) is 0 Å². The first-order chi connectivity index (χ1) is 16.8. The largest absolute Gasteiger partial charge is 0.452 e. The molecule has 12 heteroatoms. The first-order valence-corrected chi connectivity index (χ1v) is 11.1. The fourth-order valence-electron chi connectivity index (χ4n) is 4.13. The van der Waals surface area contributed by atoms with Gasteiger partial charge in [-0.05, 0) is 5.56 Å². The van der Waals surface area contributed by atoms with Crippen LogP contribution in [0.1, 0.15) is 18.7 Å². The lowest BCUT2D eigenvalue weighted by molar-refractivity contribution is -0.154. The lowest BCUT2D eigenvalue weighted by atomic mass is 10.0. The van der Waals surface area contributed by atoms with E-state index < -0.39 is 49.1 Å². The van der Waals surface area contributed by atoms with E-state index in [0.717, 1.165) is 5.56 Å². The highest BCUT2D eigenvalue weighted by atomic mass is 16.6. The van der Waals surface area contributed by atoms with Crippen molar-refractivity contribution in [2.45, 2.75) is 43.9 Å². The molecule has 1 aromatic carbocycles. The van der Waals surface area contributed by atoms with Crippen molar-refractivity contribution in [3.05, 3.63) is 48.5 Å². The highest BCUT2D eigenvalue weighted by molar-refractivity contribution is 5.84. The van der Waals surface area contributed by atoms with Crippen LogP contribution in [0.3, 0.4) is 0 Å². The molecular formula is C23H28N6O6. The van der Waals surface area contributed by atoms with Crippen molar-refractivity contribution in [2.24, 2.45) is 0 Å². The molecule has 3 N–H and O–H groups in total. The van der Waals surface area contributed by atoms with Crippen molar-refractivity contribution in [1.29, 1.82) is 0 Å². The van der Waals surface area contributed by atoms with Gasteiger partial charge in [-0.15, -0.1) is 0 Å². The van der Waals surface area contributed by atoms with E-state index in [4.69, 9.17) is 9.47 Å². The molecule has 3 aromatic rings. The number of fused-ring (bicyclic) bond motifs is 1. The number of benzene rings is 1. The van der Waals surface area contributed by atoms with E-state index in [1.54, 1.807) is 4.90 Å². The number of amides is 1. The van der Waals surface area contributed by atoms with Gasteiger partial charge in [0.2, 0.25) is 0 Å². The van der Waals surface area contributed by atoms with Gasteiger partial charge in [0.25, 0.3) is 5.91 Å². The molecule has 4 rings (SSSR count). The van der Waals surface area contributed by atoms with Crippen molar-refractivity contribution in [2.75, 3.05) is 25.6 Å². The molecule has 35 heavy (non-hydrogen) atoms. The van der Waals surface area contributed by atoms with Crippen LogP contribution in [0, 0.1) is 0 Å². The molecule has 0 saturated carbocycles. The third kappa shape index (κ3) is 5.09. The van der Waals surface area contributed by atoms with Gasteiger partial charge in [-0.25, -0.2) is 15.0 Å². The summed E-state index contributed by atoms with van der Waals surface area (Å²) in [5, 5.41) is 23.7. The zero-order chi connectivity index (χ0) is 25.1. The van der Waals surface area contributed by atoms with E-state index in [2.05, 4.69) is 20.3 Å². The number of imidazole rings is 1. The summed E-state index contributed by atoms with van der Waals surface area (Å²) in [7, 11) is 3.65. The van der Waals surface area contributed by atoms with Crippen molar-refractivity contribution in [3.8, 4) is 0 Å². The zero-order valence-electron chi connectivity index (χ0n) is 19.6. The van der Waals surface area contributed by atoms with E-state index in [1.807, 2.05) is 44.4 Å². The van der Waals surface area contributed by atoms with Gasteiger partial charge in [0.1, 0.15) is 18.5 Å². The Morgan fingerprint density at radius 1 is 1.23 bits per heavy atom. The minimum absolute atomic E-state index is 0.152. The second-order valence-corrected chi connectivity index (χ2v) is 8.48. The Morgan fingerprint density at radius 2 is 1.97 bits per heavy atom. The van der Waals surface area contributed by atoms with Crippen LogP contribution in [0.5, 0.6) is 0 Å². The maximum absolute atomic E-state index is 13.1. The van der Waals surface area contributed by atoms with Crippen LogP contribution in [0.2, 0.25) is 0 Å². The number of carbonyl (C=O) groups is 2. The molecule has 1 fully saturated rings. The van der Waals surface area contributed by atoms with Crippen LogP contribution in [-0.4, -0.2) is 86.7 Å². The number of aliphatic hydroxyl groups is 2. The standard InChI is InChI=1S/C23H28N6O6/c1-13(31)34-15(9-14-7-5-4-6-8-14)22(33)27-17-16(10-30)35-23(19(17)32)29-12-26-18-20(28(2)3)24-11-25-21(18)29/h4-8,11-12,15-17,19,23,30,32H,9-10H2,1-3H3,(H,27,33)/t15-,16+,17+,19+,23+/m0/s1. The predicted molar refractivity (Wildman–Crippen MR) is 124 cm³/mol. The Morgan fingerprint density at radius 3 is 2.63 bits per heavy atom. The number of hydrogen-bond acceptors (Lipinski definition) is 10. The van der Waals surface area contributed by atoms with Crippen LogP contribution in [0.4, 0.5) is 5.82 Å². The van der Waals surface area contributed by atoms with Gasteiger partial charge >= 0.3 is 5.97 Å². The summed E-state index contributed by atoms with van der Waals surface area (Å²) >= 11 is 0. The molecule has 0 radical (unpaired) electrons. The third-order valence-electron chi connectivity index (χ3n) is 5.77. The normalized spacial score (nSPS) is 22.7. The second kappa shape index (κ2) is 10.3. The summed E-state index contributed by atoms with van der Waals surface area (Å²) in [4.78, 5) is 39.4. The summed E-state index contributed by atoms with van der Waals surface area (Å²) in [5.41, 5.74) is 1.74. The molecule has 1 aliphatic heterocycles. The molecule has 0 aliphatic carbocycles. The number of carbonyl (C=O) groups excluding carboxylic acids is 2. The minimum atomic E-state index is -1.25. The Labute approximate surface area is 201 Å². The average molecular weight is 485 g/mol. The fraction of sp³-hybridized carbons (Fsp3) is 0.435. The molecule has 5 atom stereocenters. The van der Waals surface area contributed by atoms with Gasteiger partial charge < -0.3 is 29.9 Å². The molecule has 0 spiro atoms. The number of hydrogen-bond donors (Lipinski definition) is 3. The fourth-order valence-corrected chi connectivity index (χ4v) is 4.13. The SMILES string of the molecule is CC(=O)O[C@@H](Cc1ccccc1)C(=O)N[C@H]1[C@@H](O)[C@H](n2cnc3c(N(C)C)ncnc32)O[C@@H]1CO. The van der Waals surface area contributed by atoms with Gasteiger partial charge in [0, 0.05) is 27.4 Å². The number of aromatic nitrogens is 4. The molecule has 1 amide bonds. The molecule has 0 unspecified atom stereocenters. The van der Waals surface area contributed by atoms with Gasteiger partial charge in [0.05, 0.1) is 19.0 Å². The highest BCUT2D eigenvalue weighted by Crippen LogP contribution is 2.32. The number of esters is 1. The Hall–Kier alpha value is -3.61. The molecule has 0 bridgehead atoms. The van der Waals surface area contributed by atoms with Crippen LogP contribution in [-0.2, 0) is 25.5 Å². The number of ether oxygens (including phenoxy) is 2. The lowest BCUT2D eigenvalue weighted by Crippen LogP contribution is -2.52. The topological polar surface area (TPSA) is 152 Å². The van der Waals surface area contributed by atoms with Gasteiger partial charge in [0.15, 0.2) is 29.3 Å². The molecule has 12 nitrogen and oxygen atoms in total. The number of anilines is 1. The molecule has 1 aliphatic rings. The van der Waals surface area contributed by atoms with Gasteiger partial charge in [-0.1, -0.05) is 30.3 Å². The summed E-state index contributed by atoms with van der Waals surface area (Å²) in [6.45, 7) is 0.763. The lowest BCUT2D eigenvalue weighted by Gasteiger charge is -2.24. The molecule has 2 aromatic heterocycles. The number of nitrogens with zero attached hydrogens (tertiary/aromatic N) is 5. The number of rotatable bonds is 8. The predicted octanol–water partition coefficient (Wildman–Crippen LogP) is -0.198. The third-order valence-corrected chi connectivity index (χ3v) is 5.77. The monoisotopic (exact) mass is 484 g/mol. The average Bonchev–Trinajstić information content (AvgIpc) is 3.39. The first-order valence-electron chi connectivity index (χ1n) is 11.1. The quantitative estimate of drug-likeness (QED) is 0.367. The zero-order valence-corrected chi connectivity index (χ0v) is 19.6. The van der Waals surface area contributed by atoms with Crippen molar-refractivity contribution in [3.63, 3.8) is 0 Å². The number of aliphatic hydroxyl groups excluding tert-OH is 2. The molecule has 186 valence electrons. The molecule has 3 heterocycles. The maximum atomic E-state index is 13.1. The second-order valence-electron chi connectivity index (χ2n) is 8.48. The van der Waals surface area contributed by atoms with Crippen molar-refractivity contribution >= 4 is 28.9 Å². The summed E-state index contributed by atoms with van der Waals surface area (Å²) in [6, 6.07) is 8.14. The van der Waals surface area contributed by atoms with E-state index in [9.17, 15) is 19.8 Å². The molecular weight excluding hydrogens is 456 g/mol. The van der Waals surface area contributed by atoms with E-state index in [0.29, 0.717) is 17.0 Å². The number of nitrogens with one attached hydrogen (secondary N) is 1. The van der Waals surface area contributed by atoms with Crippen molar-refractivity contribution < 1.29 is 29.3 Å². The van der Waals surface area contributed by atoms with Crippen LogP contribution in [0.15, 0.2) is 43.0 Å². The van der Waals surface area contributed by atoms with Crippen LogP contribution < -0.4 is 10.2 Å². The summed E-state index contributed by atoms with van der Waals surface area (Å²) in [6.07, 6.45) is -1.26. The van der Waals surface area contributed by atoms with Gasteiger partial charge in [-0.3, -0.25) is 14.2 Å². The first kappa shape index (κ1) is 24.5. The van der Waals surface area contributed by atoms with E-state index in [1.165, 1.54) is 24.1 Å². The van der Waals surface area contributed by atoms with E-state index in [-0.39, 0.29) is 6.42 Å². The molecule has 1 saturated heterocycles. The van der Waals surface area contributed by atoms with Crippen LogP contribution in [0.25, 0.3) is 11.2 Å². The minimum Gasteiger partial charge on any atom is -0.452 e.